The van der Waals surface area contributed by atoms with Gasteiger partial charge in [-0.3, -0.25) is 4.72 Å². The van der Waals surface area contributed by atoms with Gasteiger partial charge in [0.25, 0.3) is 10.0 Å². The lowest BCUT2D eigenvalue weighted by atomic mass is 10.3. The third-order valence-electron chi connectivity index (χ3n) is 2.37. The molecule has 9 heteroatoms. The molecule has 6 nitrogen and oxygen atoms in total. The molecule has 4 N–H and O–H groups in total. The van der Waals surface area contributed by atoms with Crippen molar-refractivity contribution in [3.05, 3.63) is 45.1 Å². The molecule has 0 amide bonds. The number of aromatic nitrogens is 1. The molecule has 1 heterocycles. The number of pyridine rings is 1. The van der Waals surface area contributed by atoms with E-state index in [0.29, 0.717) is 16.5 Å². The van der Waals surface area contributed by atoms with Gasteiger partial charge >= 0.3 is 0 Å². The lowest BCUT2D eigenvalue weighted by Crippen LogP contribution is -2.14. The van der Waals surface area contributed by atoms with Crippen LogP contribution in [0.2, 0.25) is 5.02 Å². The van der Waals surface area contributed by atoms with Crippen LogP contribution in [0.1, 0.15) is 0 Å². The number of sulfonamides is 1. The van der Waals surface area contributed by atoms with Crippen molar-refractivity contribution in [2.75, 3.05) is 10.1 Å². The minimum atomic E-state index is -3.74. The second-order valence-corrected chi connectivity index (χ2v) is 7.09. The molecule has 0 unspecified atom stereocenters. The van der Waals surface area contributed by atoms with E-state index in [9.17, 15) is 8.42 Å². The first-order chi connectivity index (χ1) is 9.42. The molecule has 2 aromatic rings. The summed E-state index contributed by atoms with van der Waals surface area (Å²) in [5.74, 6) is 5.54. The second kappa shape index (κ2) is 6.12. The molecule has 0 spiro atoms. The Kier molecular flexibility index (Phi) is 4.68. The number of benzene rings is 1. The fourth-order valence-electron chi connectivity index (χ4n) is 1.40. The molecule has 2 rings (SSSR count). The zero-order valence-corrected chi connectivity index (χ0v) is 13.7. The fraction of sp³-hybridized carbons (Fsp3) is 0. The minimum Gasteiger partial charge on any atom is -0.308 e. The first-order valence-electron chi connectivity index (χ1n) is 5.33. The van der Waals surface area contributed by atoms with E-state index in [1.165, 1.54) is 18.3 Å². The summed E-state index contributed by atoms with van der Waals surface area (Å²) in [5, 5.41) is 0.327. The summed E-state index contributed by atoms with van der Waals surface area (Å²) in [4.78, 5) is 3.87. The van der Waals surface area contributed by atoms with Crippen LogP contribution < -0.4 is 16.0 Å². The summed E-state index contributed by atoms with van der Waals surface area (Å²) in [5.41, 5.74) is 2.64. The van der Waals surface area contributed by atoms with Crippen molar-refractivity contribution in [3.8, 4) is 0 Å². The minimum absolute atomic E-state index is 0.0196. The molecule has 0 fully saturated rings. The van der Waals surface area contributed by atoms with Gasteiger partial charge in [0.15, 0.2) is 0 Å². The lowest BCUT2D eigenvalue weighted by Gasteiger charge is -2.10. The number of nitrogen functional groups attached to an aromatic ring is 1. The number of hydrogen-bond donors (Lipinski definition) is 3. The van der Waals surface area contributed by atoms with Crippen molar-refractivity contribution in [2.24, 2.45) is 5.84 Å². The Balaban J connectivity index is 2.30. The monoisotopic (exact) mass is 424 g/mol. The van der Waals surface area contributed by atoms with E-state index in [1.807, 2.05) is 0 Å². The third-order valence-corrected chi connectivity index (χ3v) is 4.70. The molecule has 0 saturated heterocycles. The molecule has 106 valence electrons. The molecule has 0 radical (unpaired) electrons. The van der Waals surface area contributed by atoms with Crippen molar-refractivity contribution in [2.45, 2.75) is 4.90 Å². The first-order valence-corrected chi connectivity index (χ1v) is 8.27. The van der Waals surface area contributed by atoms with Crippen molar-refractivity contribution >= 4 is 55.7 Å². The van der Waals surface area contributed by atoms with Crippen LogP contribution >= 0.6 is 34.2 Å². The van der Waals surface area contributed by atoms with Crippen LogP contribution in [-0.4, -0.2) is 13.4 Å². The van der Waals surface area contributed by atoms with Gasteiger partial charge in [-0.1, -0.05) is 11.6 Å². The quantitative estimate of drug-likeness (QED) is 0.398. The van der Waals surface area contributed by atoms with Crippen molar-refractivity contribution in [1.82, 2.24) is 4.98 Å². The Bertz CT molecular complexity index is 722. The molecular formula is C11H10ClIN4O2S. The summed E-state index contributed by atoms with van der Waals surface area (Å²) in [6.45, 7) is 0. The number of rotatable bonds is 4. The van der Waals surface area contributed by atoms with E-state index in [-0.39, 0.29) is 4.90 Å². The van der Waals surface area contributed by atoms with Crippen LogP contribution in [0, 0.1) is 3.57 Å². The average Bonchev–Trinajstić information content (AvgIpc) is 2.42. The predicted molar refractivity (Wildman–Crippen MR) is 87.0 cm³/mol. The molecule has 0 aliphatic heterocycles. The first kappa shape index (κ1) is 15.3. The molecule has 0 aliphatic carbocycles. The topological polar surface area (TPSA) is 97.1 Å². The Morgan fingerprint density at radius 1 is 1.25 bits per heavy atom. The van der Waals surface area contributed by atoms with Gasteiger partial charge < -0.3 is 5.43 Å². The number of hydrogen-bond acceptors (Lipinski definition) is 5. The number of nitrogens with one attached hydrogen (secondary N) is 2. The molecule has 20 heavy (non-hydrogen) atoms. The normalized spacial score (nSPS) is 11.2. The number of nitrogens with two attached hydrogens (primary N) is 1. The van der Waals surface area contributed by atoms with Crippen LogP contribution in [0.25, 0.3) is 0 Å². The second-order valence-electron chi connectivity index (χ2n) is 3.75. The van der Waals surface area contributed by atoms with Gasteiger partial charge in [0.2, 0.25) is 0 Å². The number of halogens is 2. The van der Waals surface area contributed by atoms with Crippen LogP contribution in [0.15, 0.2) is 41.4 Å². The van der Waals surface area contributed by atoms with E-state index >= 15 is 0 Å². The highest BCUT2D eigenvalue weighted by atomic mass is 127. The molecule has 0 saturated carbocycles. The van der Waals surface area contributed by atoms with Crippen LogP contribution in [0.4, 0.5) is 11.5 Å². The highest BCUT2D eigenvalue weighted by Crippen LogP contribution is 2.26. The molecule has 0 atom stereocenters. The Hall–Kier alpha value is -1.10. The highest BCUT2D eigenvalue weighted by Gasteiger charge is 2.16. The zero-order chi connectivity index (χ0) is 14.8. The molecule has 1 aromatic heterocycles. The van der Waals surface area contributed by atoms with Gasteiger partial charge in [0, 0.05) is 9.77 Å². The fourth-order valence-corrected chi connectivity index (χ4v) is 3.38. The summed E-state index contributed by atoms with van der Waals surface area (Å²) >= 11 is 8.09. The maximum absolute atomic E-state index is 12.2. The number of nitrogens with zero attached hydrogens (tertiary/aromatic N) is 1. The summed E-state index contributed by atoms with van der Waals surface area (Å²) in [7, 11) is -3.74. The number of anilines is 2. The van der Waals surface area contributed by atoms with Crippen molar-refractivity contribution < 1.29 is 8.42 Å². The largest absolute Gasteiger partial charge is 0.308 e. The van der Waals surface area contributed by atoms with Crippen molar-refractivity contribution in [1.29, 1.82) is 0 Å². The third kappa shape index (κ3) is 3.51. The summed E-state index contributed by atoms with van der Waals surface area (Å²) < 4.78 is 27.7. The molecule has 0 bridgehead atoms. The maximum Gasteiger partial charge on any atom is 0.263 e. The van der Waals surface area contributed by atoms with Crippen molar-refractivity contribution in [3.63, 3.8) is 0 Å². The van der Waals surface area contributed by atoms with Gasteiger partial charge in [-0.2, -0.15) is 0 Å². The predicted octanol–water partition coefficient (Wildman–Crippen LogP) is 2.43. The van der Waals surface area contributed by atoms with Crippen LogP contribution in [0.5, 0.6) is 0 Å². The Morgan fingerprint density at radius 2 is 2.00 bits per heavy atom. The lowest BCUT2D eigenvalue weighted by molar-refractivity contribution is 0.601. The van der Waals surface area contributed by atoms with Gasteiger partial charge in [-0.15, -0.1) is 0 Å². The van der Waals surface area contributed by atoms with E-state index < -0.39 is 10.0 Å². The molecular weight excluding hydrogens is 415 g/mol. The zero-order valence-electron chi connectivity index (χ0n) is 9.97. The van der Waals surface area contributed by atoms with Gasteiger partial charge in [-0.25, -0.2) is 19.2 Å². The smallest absolute Gasteiger partial charge is 0.263 e. The molecule has 1 aromatic carbocycles. The van der Waals surface area contributed by atoms with E-state index in [4.69, 9.17) is 17.4 Å². The Morgan fingerprint density at radius 3 is 2.55 bits per heavy atom. The van der Waals surface area contributed by atoms with E-state index in [1.54, 1.807) is 18.2 Å². The van der Waals surface area contributed by atoms with Crippen LogP contribution in [0.3, 0.4) is 0 Å². The molecule has 0 aliphatic rings. The summed E-state index contributed by atoms with van der Waals surface area (Å²) in [6, 6.07) is 7.88. The number of hydrazine groups is 1. The van der Waals surface area contributed by atoms with E-state index in [2.05, 4.69) is 37.7 Å². The van der Waals surface area contributed by atoms with Gasteiger partial charge in [-0.05, 0) is 52.9 Å². The average molecular weight is 425 g/mol. The Labute approximate surface area is 134 Å². The van der Waals surface area contributed by atoms with E-state index in [0.717, 1.165) is 3.57 Å². The summed E-state index contributed by atoms with van der Waals surface area (Å²) in [6.07, 6.45) is 1.21. The standard InChI is InChI=1S/C11H10ClIN4O2S/c12-9-5-7(13)1-3-10(9)17-20(18,19)8-2-4-11(16-14)15-6-8/h1-6,17H,14H2,(H,15,16). The van der Waals surface area contributed by atoms with Gasteiger partial charge in [0.1, 0.15) is 10.7 Å². The van der Waals surface area contributed by atoms with Gasteiger partial charge in [0.05, 0.1) is 10.7 Å². The maximum atomic E-state index is 12.2. The van der Waals surface area contributed by atoms with Crippen LogP contribution in [-0.2, 0) is 10.0 Å². The SMILES string of the molecule is NNc1ccc(S(=O)(=O)Nc2ccc(I)cc2Cl)cn1. The highest BCUT2D eigenvalue weighted by molar-refractivity contribution is 14.1.